The fraction of sp³-hybridized carbons (Fsp3) is 0.625. The monoisotopic (exact) mass is 258 g/mol. The van der Waals surface area contributed by atoms with Crippen molar-refractivity contribution in [1.29, 1.82) is 0 Å². The number of nitrogens with one attached hydrogen (secondary N) is 1. The number of pyridine rings is 1. The van der Waals surface area contributed by atoms with E-state index >= 15 is 0 Å². The van der Waals surface area contributed by atoms with Crippen LogP contribution in [0.25, 0.3) is 0 Å². The van der Waals surface area contributed by atoms with Crippen LogP contribution in [0.15, 0.2) is 12.1 Å². The zero-order valence-electron chi connectivity index (χ0n) is 11.9. The highest BCUT2D eigenvalue weighted by Crippen LogP contribution is 2.24. The highest BCUT2D eigenvalue weighted by Gasteiger charge is 2.20. The third-order valence-electron chi connectivity index (χ3n) is 4.37. The van der Waals surface area contributed by atoms with E-state index in [-0.39, 0.29) is 0 Å². The summed E-state index contributed by atoms with van der Waals surface area (Å²) in [5.74, 6) is 1.90. The minimum absolute atomic E-state index is 0.763. The first-order chi connectivity index (χ1) is 9.35. The van der Waals surface area contributed by atoms with Crippen LogP contribution in [0.2, 0.25) is 0 Å². The first kappa shape index (κ1) is 12.9. The SMILES string of the molecule is C[CH]N1CCCC(Cc2ccc3c(n2)NCCC3)C1. The summed E-state index contributed by atoms with van der Waals surface area (Å²) in [4.78, 5) is 7.27. The molecule has 3 heterocycles. The van der Waals surface area contributed by atoms with E-state index < -0.39 is 0 Å². The Morgan fingerprint density at radius 1 is 1.42 bits per heavy atom. The molecule has 1 saturated heterocycles. The number of hydrogen-bond acceptors (Lipinski definition) is 3. The molecular weight excluding hydrogens is 234 g/mol. The highest BCUT2D eigenvalue weighted by atomic mass is 15.1. The van der Waals surface area contributed by atoms with Crippen LogP contribution in [-0.4, -0.2) is 29.5 Å². The van der Waals surface area contributed by atoms with Gasteiger partial charge in [0.15, 0.2) is 0 Å². The molecule has 1 radical (unpaired) electrons. The maximum Gasteiger partial charge on any atom is 0.129 e. The summed E-state index contributed by atoms with van der Waals surface area (Å²) in [5, 5.41) is 3.43. The maximum absolute atomic E-state index is 4.82. The van der Waals surface area contributed by atoms with Crippen molar-refractivity contribution < 1.29 is 0 Å². The van der Waals surface area contributed by atoms with Gasteiger partial charge in [0.05, 0.1) is 0 Å². The fourth-order valence-corrected chi connectivity index (χ4v) is 3.28. The van der Waals surface area contributed by atoms with Crippen molar-refractivity contribution in [2.75, 3.05) is 25.0 Å². The Morgan fingerprint density at radius 3 is 3.26 bits per heavy atom. The van der Waals surface area contributed by atoms with E-state index in [4.69, 9.17) is 4.98 Å². The molecule has 0 amide bonds. The Kier molecular flexibility index (Phi) is 4.02. The summed E-state index contributed by atoms with van der Waals surface area (Å²) in [6.07, 6.45) is 6.20. The Balaban J connectivity index is 1.66. The van der Waals surface area contributed by atoms with Gasteiger partial charge in [-0.15, -0.1) is 0 Å². The zero-order valence-corrected chi connectivity index (χ0v) is 11.9. The average Bonchev–Trinajstić information content (AvgIpc) is 2.47. The largest absolute Gasteiger partial charge is 0.370 e. The van der Waals surface area contributed by atoms with Crippen molar-refractivity contribution in [2.45, 2.75) is 39.0 Å². The molecular formula is C16H24N3. The minimum atomic E-state index is 0.763. The van der Waals surface area contributed by atoms with Crippen molar-refractivity contribution in [2.24, 2.45) is 5.92 Å². The van der Waals surface area contributed by atoms with Gasteiger partial charge in [-0.3, -0.25) is 4.90 Å². The van der Waals surface area contributed by atoms with E-state index in [1.54, 1.807) is 0 Å². The molecule has 1 unspecified atom stereocenters. The van der Waals surface area contributed by atoms with Crippen LogP contribution in [0.1, 0.15) is 37.4 Å². The third-order valence-corrected chi connectivity index (χ3v) is 4.37. The van der Waals surface area contributed by atoms with Gasteiger partial charge in [0.1, 0.15) is 5.82 Å². The molecule has 19 heavy (non-hydrogen) atoms. The summed E-state index contributed by atoms with van der Waals surface area (Å²) < 4.78 is 0. The van der Waals surface area contributed by atoms with E-state index in [2.05, 4.69) is 35.8 Å². The average molecular weight is 258 g/mol. The van der Waals surface area contributed by atoms with Gasteiger partial charge in [0.2, 0.25) is 0 Å². The van der Waals surface area contributed by atoms with Gasteiger partial charge in [-0.25, -0.2) is 4.98 Å². The van der Waals surface area contributed by atoms with Gasteiger partial charge in [0.25, 0.3) is 0 Å². The van der Waals surface area contributed by atoms with Gasteiger partial charge < -0.3 is 5.32 Å². The van der Waals surface area contributed by atoms with Gasteiger partial charge in [-0.1, -0.05) is 6.07 Å². The van der Waals surface area contributed by atoms with E-state index in [0.29, 0.717) is 0 Å². The van der Waals surface area contributed by atoms with Crippen LogP contribution in [0, 0.1) is 12.5 Å². The smallest absolute Gasteiger partial charge is 0.129 e. The first-order valence-corrected chi connectivity index (χ1v) is 7.61. The van der Waals surface area contributed by atoms with Crippen molar-refractivity contribution in [3.8, 4) is 0 Å². The molecule has 0 aromatic carbocycles. The molecule has 2 aliphatic heterocycles. The molecule has 3 heteroatoms. The van der Waals surface area contributed by atoms with E-state index in [1.807, 2.05) is 0 Å². The normalized spacial score (nSPS) is 23.7. The van der Waals surface area contributed by atoms with Gasteiger partial charge in [0, 0.05) is 25.3 Å². The minimum Gasteiger partial charge on any atom is -0.370 e. The van der Waals surface area contributed by atoms with E-state index in [0.717, 1.165) is 24.7 Å². The van der Waals surface area contributed by atoms with Gasteiger partial charge in [-0.05, 0) is 63.1 Å². The van der Waals surface area contributed by atoms with E-state index in [9.17, 15) is 0 Å². The molecule has 0 spiro atoms. The quantitative estimate of drug-likeness (QED) is 0.903. The van der Waals surface area contributed by atoms with Gasteiger partial charge >= 0.3 is 0 Å². The van der Waals surface area contributed by atoms with Crippen LogP contribution in [0.3, 0.4) is 0 Å². The summed E-state index contributed by atoms with van der Waals surface area (Å²) >= 11 is 0. The second-order valence-corrected chi connectivity index (χ2v) is 5.81. The fourth-order valence-electron chi connectivity index (χ4n) is 3.28. The zero-order chi connectivity index (χ0) is 13.1. The summed E-state index contributed by atoms with van der Waals surface area (Å²) in [5.41, 5.74) is 2.65. The van der Waals surface area contributed by atoms with Crippen molar-refractivity contribution in [1.82, 2.24) is 9.88 Å². The molecule has 3 nitrogen and oxygen atoms in total. The lowest BCUT2D eigenvalue weighted by Gasteiger charge is -2.31. The molecule has 1 atom stereocenters. The molecule has 1 aromatic heterocycles. The van der Waals surface area contributed by atoms with Crippen molar-refractivity contribution in [3.05, 3.63) is 29.9 Å². The number of fused-ring (bicyclic) bond motifs is 1. The Hall–Kier alpha value is -1.09. The number of aryl methyl sites for hydroxylation is 1. The van der Waals surface area contributed by atoms with Gasteiger partial charge in [-0.2, -0.15) is 0 Å². The van der Waals surface area contributed by atoms with E-state index in [1.165, 1.54) is 50.0 Å². The number of anilines is 1. The number of rotatable bonds is 3. The van der Waals surface area contributed by atoms with Crippen LogP contribution in [-0.2, 0) is 12.8 Å². The topological polar surface area (TPSA) is 28.2 Å². The lowest BCUT2D eigenvalue weighted by atomic mass is 9.93. The molecule has 0 saturated carbocycles. The third kappa shape index (κ3) is 3.08. The molecule has 0 aliphatic carbocycles. The Labute approximate surface area is 116 Å². The van der Waals surface area contributed by atoms with Crippen molar-refractivity contribution in [3.63, 3.8) is 0 Å². The van der Waals surface area contributed by atoms with Crippen molar-refractivity contribution >= 4 is 5.82 Å². The molecule has 1 aromatic rings. The second kappa shape index (κ2) is 5.91. The maximum atomic E-state index is 4.82. The predicted molar refractivity (Wildman–Crippen MR) is 79.0 cm³/mol. The second-order valence-electron chi connectivity index (χ2n) is 5.81. The molecule has 0 bridgehead atoms. The lowest BCUT2D eigenvalue weighted by Crippen LogP contribution is -2.33. The predicted octanol–water partition coefficient (Wildman–Crippen LogP) is 2.88. The Bertz CT molecular complexity index is 430. The number of piperidine rings is 1. The molecule has 103 valence electrons. The summed E-state index contributed by atoms with van der Waals surface area (Å²) in [6.45, 7) is 7.87. The highest BCUT2D eigenvalue weighted by molar-refractivity contribution is 5.47. The molecule has 2 aliphatic rings. The number of likely N-dealkylation sites (tertiary alicyclic amines) is 1. The van der Waals surface area contributed by atoms with Crippen LogP contribution in [0.5, 0.6) is 0 Å². The molecule has 1 N–H and O–H groups in total. The molecule has 3 rings (SSSR count). The lowest BCUT2D eigenvalue weighted by molar-refractivity contribution is 0.211. The van der Waals surface area contributed by atoms with Crippen LogP contribution < -0.4 is 5.32 Å². The number of hydrogen-bond donors (Lipinski definition) is 1. The number of aromatic nitrogens is 1. The first-order valence-electron chi connectivity index (χ1n) is 7.61. The number of nitrogens with zero attached hydrogens (tertiary/aromatic N) is 2. The Morgan fingerprint density at radius 2 is 2.37 bits per heavy atom. The standard InChI is InChI=1S/C16H24N3/c1-2-19-10-4-5-13(12-19)11-15-8-7-14-6-3-9-17-16(14)18-15/h2,7-8,13H,3-6,9-12H2,1H3,(H,17,18). The van der Waals surface area contributed by atoms with Crippen LogP contribution in [0.4, 0.5) is 5.82 Å². The summed E-state index contributed by atoms with van der Waals surface area (Å²) in [6, 6.07) is 4.51. The van der Waals surface area contributed by atoms with Crippen LogP contribution >= 0.6 is 0 Å². The molecule has 1 fully saturated rings. The summed E-state index contributed by atoms with van der Waals surface area (Å²) in [7, 11) is 0.